The first-order chi connectivity index (χ1) is 6.73. The standard InChI is InChI=1S/C12H23NO/c1-2-10-5-3-6-11(10)13-9-12(14)7-4-8-12/h10-11,13-14H,2-9H2,1H3. The summed E-state index contributed by atoms with van der Waals surface area (Å²) in [5.74, 6) is 0.860. The minimum absolute atomic E-state index is 0.346. The van der Waals surface area contributed by atoms with Crippen molar-refractivity contribution in [3.05, 3.63) is 0 Å². The van der Waals surface area contributed by atoms with Crippen molar-refractivity contribution >= 4 is 0 Å². The SMILES string of the molecule is CCC1CCCC1NCC1(O)CCC1. The highest BCUT2D eigenvalue weighted by atomic mass is 16.3. The van der Waals surface area contributed by atoms with Gasteiger partial charge in [-0.1, -0.05) is 19.8 Å². The highest BCUT2D eigenvalue weighted by molar-refractivity contribution is 4.92. The van der Waals surface area contributed by atoms with Crippen LogP contribution in [0.3, 0.4) is 0 Å². The third-order valence-corrected chi connectivity index (χ3v) is 4.16. The Balaban J connectivity index is 1.74. The van der Waals surface area contributed by atoms with Crippen LogP contribution in [0.5, 0.6) is 0 Å². The molecular weight excluding hydrogens is 174 g/mol. The van der Waals surface area contributed by atoms with Crippen LogP contribution < -0.4 is 5.32 Å². The quantitative estimate of drug-likeness (QED) is 0.723. The number of rotatable bonds is 4. The number of hydrogen-bond acceptors (Lipinski definition) is 2. The molecule has 2 rings (SSSR count). The fourth-order valence-electron chi connectivity index (χ4n) is 2.88. The predicted octanol–water partition coefficient (Wildman–Crippen LogP) is 2.07. The number of hydrogen-bond donors (Lipinski definition) is 2. The smallest absolute Gasteiger partial charge is 0.0771 e. The molecule has 0 aromatic heterocycles. The average Bonchev–Trinajstić information content (AvgIpc) is 2.58. The molecule has 0 spiro atoms. The van der Waals surface area contributed by atoms with Gasteiger partial charge in [0.1, 0.15) is 0 Å². The van der Waals surface area contributed by atoms with E-state index in [0.717, 1.165) is 25.3 Å². The molecule has 2 aliphatic carbocycles. The molecule has 2 heteroatoms. The molecule has 2 N–H and O–H groups in total. The van der Waals surface area contributed by atoms with Crippen molar-refractivity contribution in [3.63, 3.8) is 0 Å². The molecule has 2 unspecified atom stereocenters. The number of aliphatic hydroxyl groups is 1. The van der Waals surface area contributed by atoms with Gasteiger partial charge in [0.05, 0.1) is 5.60 Å². The third-order valence-electron chi connectivity index (χ3n) is 4.16. The second kappa shape index (κ2) is 4.19. The lowest BCUT2D eigenvalue weighted by Crippen LogP contribution is -2.49. The van der Waals surface area contributed by atoms with Gasteiger partial charge in [-0.25, -0.2) is 0 Å². The molecule has 2 atom stereocenters. The summed E-state index contributed by atoms with van der Waals surface area (Å²) in [5, 5.41) is 13.5. The van der Waals surface area contributed by atoms with E-state index >= 15 is 0 Å². The van der Waals surface area contributed by atoms with Crippen molar-refractivity contribution in [1.82, 2.24) is 5.32 Å². The van der Waals surface area contributed by atoms with Crippen molar-refractivity contribution < 1.29 is 5.11 Å². The Bertz CT molecular complexity index is 189. The average molecular weight is 197 g/mol. The zero-order chi connectivity index (χ0) is 10.0. The second-order valence-corrected chi connectivity index (χ2v) is 5.16. The Morgan fingerprint density at radius 1 is 1.29 bits per heavy atom. The zero-order valence-electron chi connectivity index (χ0n) is 9.26. The Morgan fingerprint density at radius 2 is 2.07 bits per heavy atom. The molecular formula is C12H23NO. The molecule has 0 saturated heterocycles. The second-order valence-electron chi connectivity index (χ2n) is 5.16. The molecule has 2 nitrogen and oxygen atoms in total. The van der Waals surface area contributed by atoms with Crippen molar-refractivity contribution in [3.8, 4) is 0 Å². The maximum Gasteiger partial charge on any atom is 0.0771 e. The van der Waals surface area contributed by atoms with E-state index < -0.39 is 0 Å². The van der Waals surface area contributed by atoms with Crippen molar-refractivity contribution in [1.29, 1.82) is 0 Å². The third kappa shape index (κ3) is 2.12. The van der Waals surface area contributed by atoms with Crippen LogP contribution in [0.1, 0.15) is 51.9 Å². The van der Waals surface area contributed by atoms with Gasteiger partial charge in [-0.05, 0) is 38.0 Å². The van der Waals surface area contributed by atoms with Crippen LogP contribution in [-0.2, 0) is 0 Å². The van der Waals surface area contributed by atoms with Crippen LogP contribution in [0.25, 0.3) is 0 Å². The summed E-state index contributed by atoms with van der Waals surface area (Å²) < 4.78 is 0. The van der Waals surface area contributed by atoms with Gasteiger partial charge in [-0.2, -0.15) is 0 Å². The van der Waals surface area contributed by atoms with Crippen LogP contribution >= 0.6 is 0 Å². The molecule has 0 heterocycles. The van der Waals surface area contributed by atoms with Gasteiger partial charge in [0.15, 0.2) is 0 Å². The van der Waals surface area contributed by atoms with E-state index in [-0.39, 0.29) is 5.60 Å². The van der Waals surface area contributed by atoms with E-state index in [1.807, 2.05) is 0 Å². The van der Waals surface area contributed by atoms with E-state index in [1.54, 1.807) is 0 Å². The van der Waals surface area contributed by atoms with Gasteiger partial charge >= 0.3 is 0 Å². The van der Waals surface area contributed by atoms with Crippen LogP contribution in [0.4, 0.5) is 0 Å². The minimum atomic E-state index is -0.346. The first-order valence-corrected chi connectivity index (χ1v) is 6.19. The maximum absolute atomic E-state index is 9.97. The Morgan fingerprint density at radius 3 is 2.64 bits per heavy atom. The van der Waals surface area contributed by atoms with E-state index in [1.165, 1.54) is 32.1 Å². The summed E-state index contributed by atoms with van der Waals surface area (Å²) in [6.07, 6.45) is 8.57. The number of nitrogens with one attached hydrogen (secondary N) is 1. The maximum atomic E-state index is 9.97. The largest absolute Gasteiger partial charge is 0.389 e. The first kappa shape index (κ1) is 10.4. The fraction of sp³-hybridized carbons (Fsp3) is 1.00. The molecule has 2 fully saturated rings. The van der Waals surface area contributed by atoms with Crippen molar-refractivity contribution in [2.24, 2.45) is 5.92 Å². The minimum Gasteiger partial charge on any atom is -0.389 e. The van der Waals surface area contributed by atoms with Gasteiger partial charge < -0.3 is 10.4 Å². The normalized spacial score (nSPS) is 35.6. The molecule has 0 bridgehead atoms. The highest BCUT2D eigenvalue weighted by Gasteiger charge is 2.35. The summed E-state index contributed by atoms with van der Waals surface area (Å²) in [7, 11) is 0. The predicted molar refractivity (Wildman–Crippen MR) is 58.2 cm³/mol. The topological polar surface area (TPSA) is 32.3 Å². The fourth-order valence-corrected chi connectivity index (χ4v) is 2.88. The van der Waals surface area contributed by atoms with E-state index in [0.29, 0.717) is 6.04 Å². The van der Waals surface area contributed by atoms with Crippen molar-refractivity contribution in [2.45, 2.75) is 63.5 Å². The van der Waals surface area contributed by atoms with Crippen LogP contribution in [-0.4, -0.2) is 23.3 Å². The van der Waals surface area contributed by atoms with Crippen LogP contribution in [0, 0.1) is 5.92 Å². The molecule has 0 aromatic carbocycles. The van der Waals surface area contributed by atoms with Crippen LogP contribution in [0.15, 0.2) is 0 Å². The lowest BCUT2D eigenvalue weighted by molar-refractivity contribution is -0.0340. The van der Waals surface area contributed by atoms with E-state index in [4.69, 9.17) is 0 Å². The van der Waals surface area contributed by atoms with Crippen LogP contribution in [0.2, 0.25) is 0 Å². The first-order valence-electron chi connectivity index (χ1n) is 6.19. The highest BCUT2D eigenvalue weighted by Crippen LogP contribution is 2.33. The molecule has 0 aromatic rings. The summed E-state index contributed by atoms with van der Waals surface area (Å²) in [4.78, 5) is 0. The molecule has 82 valence electrons. The molecule has 14 heavy (non-hydrogen) atoms. The lowest BCUT2D eigenvalue weighted by atomic mass is 9.80. The van der Waals surface area contributed by atoms with Gasteiger partial charge in [-0.3, -0.25) is 0 Å². The van der Waals surface area contributed by atoms with Gasteiger partial charge in [0.25, 0.3) is 0 Å². The molecule has 0 aliphatic heterocycles. The Labute approximate surface area is 87.1 Å². The van der Waals surface area contributed by atoms with Gasteiger partial charge in [0, 0.05) is 12.6 Å². The van der Waals surface area contributed by atoms with E-state index in [2.05, 4.69) is 12.2 Å². The summed E-state index contributed by atoms with van der Waals surface area (Å²) in [5.41, 5.74) is -0.346. The Kier molecular flexibility index (Phi) is 3.13. The Hall–Kier alpha value is -0.0800. The lowest BCUT2D eigenvalue weighted by Gasteiger charge is -2.38. The summed E-state index contributed by atoms with van der Waals surface area (Å²) >= 11 is 0. The molecule has 0 amide bonds. The summed E-state index contributed by atoms with van der Waals surface area (Å²) in [6, 6.07) is 0.685. The monoisotopic (exact) mass is 197 g/mol. The summed E-state index contributed by atoms with van der Waals surface area (Å²) in [6.45, 7) is 3.11. The molecule has 2 saturated carbocycles. The van der Waals surface area contributed by atoms with Gasteiger partial charge in [-0.15, -0.1) is 0 Å². The molecule has 0 radical (unpaired) electrons. The molecule has 2 aliphatic rings. The van der Waals surface area contributed by atoms with E-state index in [9.17, 15) is 5.11 Å². The van der Waals surface area contributed by atoms with Gasteiger partial charge in [0.2, 0.25) is 0 Å². The van der Waals surface area contributed by atoms with Crippen molar-refractivity contribution in [2.75, 3.05) is 6.54 Å². The zero-order valence-corrected chi connectivity index (χ0v) is 9.26.